The molecule has 0 amide bonds. The molecule has 0 saturated heterocycles. The monoisotopic (exact) mass is 1740 g/mol. The van der Waals surface area contributed by atoms with Crippen molar-refractivity contribution in [2.75, 3.05) is 0 Å². The number of aliphatic carboxylic acids is 4. The molecule has 25 nitrogen and oxygen atoms in total. The first-order valence-electron chi connectivity index (χ1n) is 33.0. The van der Waals surface area contributed by atoms with Crippen LogP contribution in [-0.2, 0) is 82.8 Å². The van der Waals surface area contributed by atoms with Crippen LogP contribution in [0, 0.1) is 5.92 Å². The van der Waals surface area contributed by atoms with Crippen LogP contribution in [0.3, 0.4) is 0 Å². The Hall–Kier alpha value is -12.2. The van der Waals surface area contributed by atoms with E-state index in [-0.39, 0.29) is 54.6 Å². The lowest BCUT2D eigenvalue weighted by Gasteiger charge is -2.01. The molecule has 30 heteroatoms. The highest BCUT2D eigenvalue weighted by atomic mass is 32.2. The van der Waals surface area contributed by atoms with E-state index in [0.717, 1.165) is 50.1 Å². The highest BCUT2D eigenvalue weighted by Crippen LogP contribution is 2.34. The van der Waals surface area contributed by atoms with Crippen molar-refractivity contribution in [1.29, 1.82) is 0 Å². The predicted octanol–water partition coefficient (Wildman–Crippen LogP) is 21.1. The molecule has 0 aromatic heterocycles. The SMILES string of the molecule is C.C.C=C.C=C.C=C.C=C.C=C(C)C.C=C(C)C.C=CCC(C(=O)O)C(=O)O.C=CP(=O)(O)O.C=Cc1ccc(C(=O)O)cc1.C=Cc1ccc(CC(=O)O)cc1.C=Cc1ccc(CCC(=O)O)cc1.C=Cc1ccc(CS(=O)(=O)O)cc1.C=Cc1ccc(S(=O)(=O)O)cc1.C=Cc1ccc(S(=O)(=O)O)cc1.C=Cc1ccc(S(=O)(=O)O)cc1. The van der Waals surface area contributed by atoms with Gasteiger partial charge in [-0.2, -0.15) is 33.7 Å². The van der Waals surface area contributed by atoms with E-state index in [9.17, 15) is 62.2 Å². The lowest BCUT2D eigenvalue weighted by Crippen LogP contribution is -2.22. The van der Waals surface area contributed by atoms with Crippen LogP contribution in [0.5, 0.6) is 0 Å². The van der Waals surface area contributed by atoms with Crippen molar-refractivity contribution in [3.05, 3.63) is 379 Å². The van der Waals surface area contributed by atoms with Gasteiger partial charge in [-0.1, -0.05) is 249 Å². The third-order valence-corrected chi connectivity index (χ3v) is 15.6. The molecule has 0 aliphatic heterocycles. The molecular weight excluding hydrogens is 1630 g/mol. The third kappa shape index (κ3) is 76.8. The molecule has 119 heavy (non-hydrogen) atoms. The molecule has 0 aliphatic carbocycles. The molecule has 0 bridgehead atoms. The van der Waals surface area contributed by atoms with E-state index in [1.807, 2.05) is 64.1 Å². The van der Waals surface area contributed by atoms with Crippen molar-refractivity contribution in [3.8, 4) is 0 Å². The van der Waals surface area contributed by atoms with Crippen LogP contribution >= 0.6 is 7.60 Å². The zero-order valence-corrected chi connectivity index (χ0v) is 70.3. The molecule has 0 radical (unpaired) electrons. The Morgan fingerprint density at radius 1 is 0.370 bits per heavy atom. The van der Waals surface area contributed by atoms with Crippen molar-refractivity contribution in [1.82, 2.24) is 0 Å². The minimum atomic E-state index is -4.06. The Morgan fingerprint density at radius 3 is 0.739 bits per heavy atom. The summed E-state index contributed by atoms with van der Waals surface area (Å²) in [5, 5.41) is 41.9. The molecule has 0 saturated carbocycles. The molecule has 652 valence electrons. The van der Waals surface area contributed by atoms with E-state index in [4.69, 9.17) is 53.5 Å². The van der Waals surface area contributed by atoms with E-state index >= 15 is 0 Å². The molecule has 0 fully saturated rings. The number of benzene rings is 7. The van der Waals surface area contributed by atoms with Crippen LogP contribution in [-0.4, -0.2) is 117 Å². The standard InChI is InChI=1S/C11H12O2.C10H10O2.C9H10O3S.C9H8O2.3C8H8O3S.C6H8O4.2C4H8.C2H5O3P.4C2H4.2CH4/c1-2-9-3-5-10(6-4-9)7-8-11(12)13;1-2-8-3-5-9(6-4-8)7-10(11)12;1-2-8-3-5-9(6-4-8)7-13(10,11)12;1-2-7-3-5-8(6-4-7)9(10)11;3*1-2-7-3-5-8(6-4-7)12(9,10)11;1-2-3-4(5(7)8)6(9)10;2*1-4(2)3;1-2-6(3,4)5;4*1-2;;/h2-6H,1,7-8H2,(H,12,13);2-6H,1,7H2,(H,11,12);2-6H,1,7H2,(H,10,11,12);2-6H,1H2,(H,10,11);3*2-6H,1H2,(H,9,10,11);2,4H,1,3H2,(H,7,8)(H,9,10);2*1H2,2-3H3;2H,1H2,(H2,3,4,5);4*1-2H2;2*1H4. The largest absolute Gasteiger partial charge is 0.481 e. The number of aromatic carboxylic acids is 1. The van der Waals surface area contributed by atoms with Gasteiger partial charge in [0.15, 0.2) is 5.92 Å². The van der Waals surface area contributed by atoms with Gasteiger partial charge in [0.1, 0.15) is 5.75 Å². The van der Waals surface area contributed by atoms with Crippen LogP contribution in [0.4, 0.5) is 0 Å². The fraction of sp³-hybridized carbons (Fsp3) is 0.135. The zero-order valence-electron chi connectivity index (χ0n) is 66.1. The number of hydrogen-bond acceptors (Lipinski definition) is 14. The lowest BCUT2D eigenvalue weighted by atomic mass is 10.1. The molecule has 0 spiro atoms. The Morgan fingerprint density at radius 2 is 0.580 bits per heavy atom. The van der Waals surface area contributed by atoms with Gasteiger partial charge in [0.05, 0.1) is 26.7 Å². The van der Waals surface area contributed by atoms with Crippen LogP contribution < -0.4 is 0 Å². The second-order valence-electron chi connectivity index (χ2n) is 21.8. The summed E-state index contributed by atoms with van der Waals surface area (Å²) in [6.07, 6.45) is 13.7. The van der Waals surface area contributed by atoms with Crippen molar-refractivity contribution in [3.63, 3.8) is 0 Å². The quantitative estimate of drug-likeness (QED) is 0.0123. The maximum atomic E-state index is 10.6. The Bertz CT molecular complexity index is 4490. The van der Waals surface area contributed by atoms with E-state index in [1.54, 1.807) is 140 Å². The van der Waals surface area contributed by atoms with Crippen molar-refractivity contribution in [2.45, 2.75) is 88.7 Å². The number of carboxylic acid groups (broad SMARTS) is 5. The highest BCUT2D eigenvalue weighted by molar-refractivity contribution is 7.86. The molecule has 0 heterocycles. The molecule has 7 aromatic rings. The van der Waals surface area contributed by atoms with Gasteiger partial charge in [0, 0.05) is 12.2 Å². The van der Waals surface area contributed by atoms with Crippen LogP contribution in [0.25, 0.3) is 42.5 Å². The molecule has 0 unspecified atom stereocenters. The van der Waals surface area contributed by atoms with Gasteiger partial charge in [0.25, 0.3) is 40.5 Å². The Balaban J connectivity index is -0.000000137. The second-order valence-corrected chi connectivity index (χ2v) is 29.1. The summed E-state index contributed by atoms with van der Waals surface area (Å²) in [6.45, 7) is 70.0. The first-order chi connectivity index (χ1) is 54.4. The molecule has 7 aromatic carbocycles. The molecular formula is C89H117O25PS4. The van der Waals surface area contributed by atoms with E-state index in [2.05, 4.69) is 125 Å². The molecule has 7 rings (SSSR count). The van der Waals surface area contributed by atoms with Gasteiger partial charge in [0.2, 0.25) is 0 Å². The summed E-state index contributed by atoms with van der Waals surface area (Å²) < 4.78 is 128. The number of allylic oxidation sites excluding steroid dienone is 3. The molecule has 11 N–H and O–H groups in total. The zero-order chi connectivity index (χ0) is 92.9. The fourth-order valence-electron chi connectivity index (χ4n) is 6.54. The number of hydrogen-bond donors (Lipinski definition) is 11. The van der Waals surface area contributed by atoms with Crippen molar-refractivity contribution >= 4 is 120 Å². The molecule has 0 aliphatic rings. The van der Waals surface area contributed by atoms with E-state index in [0.29, 0.717) is 23.4 Å². The maximum absolute atomic E-state index is 10.6. The average molecular weight is 1750 g/mol. The number of aryl methyl sites for hydroxylation is 1. The third-order valence-electron chi connectivity index (χ3n) is 11.8. The van der Waals surface area contributed by atoms with Gasteiger partial charge in [-0.25, -0.2) is 4.79 Å². The first kappa shape index (κ1) is 128. The number of rotatable bonds is 23. The smallest absolute Gasteiger partial charge is 0.348 e. The lowest BCUT2D eigenvalue weighted by molar-refractivity contribution is -0.154. The highest BCUT2D eigenvalue weighted by Gasteiger charge is 2.23. The van der Waals surface area contributed by atoms with Gasteiger partial charge in [-0.3, -0.25) is 42.0 Å². The minimum Gasteiger partial charge on any atom is -0.481 e. The van der Waals surface area contributed by atoms with Gasteiger partial charge < -0.3 is 35.3 Å². The van der Waals surface area contributed by atoms with Gasteiger partial charge in [-0.05, 0) is 145 Å². The summed E-state index contributed by atoms with van der Waals surface area (Å²) in [6, 6.07) is 45.7. The van der Waals surface area contributed by atoms with Gasteiger partial charge in [-0.15, -0.1) is 72.4 Å². The second kappa shape index (κ2) is 73.4. The van der Waals surface area contributed by atoms with Crippen LogP contribution in [0.2, 0.25) is 0 Å². The normalized spacial score (nSPS) is 9.30. The average Bonchev–Trinajstić information content (AvgIpc) is 0.864. The summed E-state index contributed by atoms with van der Waals surface area (Å²) in [4.78, 5) is 66.5. The van der Waals surface area contributed by atoms with Crippen molar-refractivity contribution in [2.24, 2.45) is 5.92 Å². The predicted molar refractivity (Wildman–Crippen MR) is 490 cm³/mol. The van der Waals surface area contributed by atoms with Crippen LogP contribution in [0.15, 0.2) is 333 Å². The Labute approximate surface area is 705 Å². The van der Waals surface area contributed by atoms with E-state index in [1.165, 1.54) is 53.6 Å². The topological polar surface area (TPSA) is 462 Å². The summed E-state index contributed by atoms with van der Waals surface area (Å²) in [5.74, 6) is -6.20. The summed E-state index contributed by atoms with van der Waals surface area (Å²) >= 11 is 0. The minimum absolute atomic E-state index is 0. The van der Waals surface area contributed by atoms with E-state index < -0.39 is 83.8 Å². The van der Waals surface area contributed by atoms with Crippen LogP contribution in [0.1, 0.15) is 121 Å². The fourth-order valence-corrected chi connectivity index (χ4v) is 8.60. The van der Waals surface area contributed by atoms with Gasteiger partial charge >= 0.3 is 37.4 Å². The maximum Gasteiger partial charge on any atom is 0.348 e. The Kier molecular flexibility index (Phi) is 78.7. The summed E-state index contributed by atoms with van der Waals surface area (Å²) in [7, 11) is -20.0. The number of carboxylic acids is 5. The molecule has 0 atom stereocenters. The van der Waals surface area contributed by atoms with Crippen molar-refractivity contribution < 1.29 is 116 Å². The summed E-state index contributed by atoms with van der Waals surface area (Å²) in [5.41, 5.74) is 11.4. The number of carbonyl (C=O) groups is 5. The first-order valence-corrected chi connectivity index (χ1v) is 40.6.